The van der Waals surface area contributed by atoms with Crippen LogP contribution in [0.1, 0.15) is 31.2 Å². The molecular formula is C14H17NO4S. The van der Waals surface area contributed by atoms with E-state index in [2.05, 4.69) is 4.99 Å². The zero-order valence-electron chi connectivity index (χ0n) is 11.5. The zero-order chi connectivity index (χ0) is 14.8. The van der Waals surface area contributed by atoms with E-state index >= 15 is 0 Å². The third-order valence-electron chi connectivity index (χ3n) is 3.77. The molecule has 2 rings (SSSR count). The Morgan fingerprint density at radius 2 is 1.95 bits per heavy atom. The van der Waals surface area contributed by atoms with Gasteiger partial charge in [0.1, 0.15) is 16.2 Å². The van der Waals surface area contributed by atoms with Crippen LogP contribution in [0, 0.1) is 0 Å². The second kappa shape index (κ2) is 5.38. The van der Waals surface area contributed by atoms with E-state index in [9.17, 15) is 13.2 Å². The first-order valence-corrected chi connectivity index (χ1v) is 8.30. The second-order valence-electron chi connectivity index (χ2n) is 5.05. The van der Waals surface area contributed by atoms with Crippen molar-refractivity contribution in [3.05, 3.63) is 23.8 Å². The molecule has 0 unspecified atom stereocenters. The summed E-state index contributed by atoms with van der Waals surface area (Å²) in [6.45, 7) is 0. The Morgan fingerprint density at radius 1 is 1.30 bits per heavy atom. The van der Waals surface area contributed by atoms with E-state index in [1.54, 1.807) is 18.2 Å². The minimum atomic E-state index is -3.40. The van der Waals surface area contributed by atoms with Gasteiger partial charge in [-0.2, -0.15) is 4.99 Å². The number of nitrogens with zero attached hydrogens (tertiary/aromatic N) is 1. The molecule has 6 heteroatoms. The number of rotatable bonds is 4. The highest BCUT2D eigenvalue weighted by Gasteiger charge is 2.39. The molecule has 1 aliphatic rings. The maximum Gasteiger partial charge on any atom is 0.235 e. The summed E-state index contributed by atoms with van der Waals surface area (Å²) >= 11 is 0. The maximum atomic E-state index is 11.9. The van der Waals surface area contributed by atoms with Crippen LogP contribution in [-0.2, 0) is 20.2 Å². The summed E-state index contributed by atoms with van der Waals surface area (Å²) in [6, 6.07) is 4.94. The summed E-state index contributed by atoms with van der Waals surface area (Å²) in [5.74, 6) is 0.288. The normalized spacial score (nSPS) is 17.5. The average molecular weight is 295 g/mol. The average Bonchev–Trinajstić information content (AvgIpc) is 2.87. The molecule has 0 heterocycles. The lowest BCUT2D eigenvalue weighted by molar-refractivity contribution is 0.369. The van der Waals surface area contributed by atoms with Crippen molar-refractivity contribution in [3.8, 4) is 5.75 Å². The Hall–Kier alpha value is -1.65. The van der Waals surface area contributed by atoms with Crippen LogP contribution in [0.15, 0.2) is 28.1 Å². The van der Waals surface area contributed by atoms with Crippen LogP contribution in [0.25, 0.3) is 0 Å². The molecule has 0 spiro atoms. The van der Waals surface area contributed by atoms with Crippen molar-refractivity contribution < 1.29 is 17.9 Å². The summed E-state index contributed by atoms with van der Waals surface area (Å²) in [5, 5.41) is 0. The lowest BCUT2D eigenvalue weighted by Gasteiger charge is -2.26. The predicted molar refractivity (Wildman–Crippen MR) is 74.4 cm³/mol. The Balaban J connectivity index is 2.71. The minimum Gasteiger partial charge on any atom is -0.495 e. The SMILES string of the molecule is COc1c(C2(N=C=O)CCCC2)cccc1S(C)(=O)=O. The summed E-state index contributed by atoms with van der Waals surface area (Å²) in [6.07, 6.45) is 6.05. The third-order valence-corrected chi connectivity index (χ3v) is 4.89. The smallest absolute Gasteiger partial charge is 0.235 e. The van der Waals surface area contributed by atoms with Crippen molar-refractivity contribution in [3.63, 3.8) is 0 Å². The number of benzene rings is 1. The fourth-order valence-electron chi connectivity index (χ4n) is 2.87. The molecule has 0 atom stereocenters. The first kappa shape index (κ1) is 14.8. The van der Waals surface area contributed by atoms with E-state index in [4.69, 9.17) is 4.74 Å². The molecule has 0 amide bonds. The molecule has 0 saturated heterocycles. The van der Waals surface area contributed by atoms with Crippen LogP contribution in [-0.4, -0.2) is 27.9 Å². The first-order valence-electron chi connectivity index (χ1n) is 6.41. The third kappa shape index (κ3) is 2.49. The summed E-state index contributed by atoms with van der Waals surface area (Å²) in [5.41, 5.74) is -0.0443. The fraction of sp³-hybridized carbons (Fsp3) is 0.500. The molecule has 0 aliphatic heterocycles. The van der Waals surface area contributed by atoms with Crippen LogP contribution in [0.4, 0.5) is 0 Å². The van der Waals surface area contributed by atoms with E-state index in [-0.39, 0.29) is 10.6 Å². The Labute approximate surface area is 118 Å². The van der Waals surface area contributed by atoms with Crippen LogP contribution < -0.4 is 4.74 Å². The van der Waals surface area contributed by atoms with Crippen LogP contribution in [0.3, 0.4) is 0 Å². The zero-order valence-corrected chi connectivity index (χ0v) is 12.4. The van der Waals surface area contributed by atoms with Gasteiger partial charge in [-0.25, -0.2) is 13.2 Å². The van der Waals surface area contributed by atoms with Gasteiger partial charge in [-0.15, -0.1) is 0 Å². The van der Waals surface area contributed by atoms with Crippen LogP contribution in [0.2, 0.25) is 0 Å². The molecule has 1 aromatic rings. The topological polar surface area (TPSA) is 72.8 Å². The monoisotopic (exact) mass is 295 g/mol. The number of sulfone groups is 1. The van der Waals surface area contributed by atoms with Gasteiger partial charge in [-0.1, -0.05) is 25.0 Å². The van der Waals surface area contributed by atoms with E-state index in [1.165, 1.54) is 13.2 Å². The van der Waals surface area contributed by atoms with Gasteiger partial charge in [0, 0.05) is 11.8 Å². The molecule has 1 aliphatic carbocycles. The van der Waals surface area contributed by atoms with Gasteiger partial charge in [-0.3, -0.25) is 0 Å². The molecule has 1 saturated carbocycles. The van der Waals surface area contributed by atoms with Gasteiger partial charge in [0.05, 0.1) is 7.11 Å². The molecule has 1 fully saturated rings. The van der Waals surface area contributed by atoms with Crippen molar-refractivity contribution in [2.75, 3.05) is 13.4 Å². The number of carbonyl (C=O) groups excluding carboxylic acids is 1. The highest BCUT2D eigenvalue weighted by Crippen LogP contribution is 2.47. The Bertz CT molecular complexity index is 654. The number of methoxy groups -OCH3 is 1. The molecule has 5 nitrogen and oxygen atoms in total. The van der Waals surface area contributed by atoms with Crippen LogP contribution in [0.5, 0.6) is 5.75 Å². The van der Waals surface area contributed by atoms with E-state index in [1.807, 2.05) is 0 Å². The lowest BCUT2D eigenvalue weighted by Crippen LogP contribution is -2.21. The van der Waals surface area contributed by atoms with Gasteiger partial charge in [0.15, 0.2) is 9.84 Å². The molecule has 0 N–H and O–H groups in total. The van der Waals surface area contributed by atoms with Crippen molar-refractivity contribution in [2.45, 2.75) is 36.1 Å². The largest absolute Gasteiger partial charge is 0.495 e. The van der Waals surface area contributed by atoms with E-state index in [0.717, 1.165) is 19.1 Å². The van der Waals surface area contributed by atoms with Gasteiger partial charge in [0.2, 0.25) is 6.08 Å². The van der Waals surface area contributed by atoms with Crippen molar-refractivity contribution in [1.29, 1.82) is 0 Å². The standard InChI is InChI=1S/C14H17NO4S/c1-19-13-11(6-5-7-12(13)20(2,17)18)14(15-10-16)8-3-4-9-14/h5-7H,3-4,8-9H2,1-2H3. The lowest BCUT2D eigenvalue weighted by atomic mass is 9.88. The molecule has 20 heavy (non-hydrogen) atoms. The number of hydrogen-bond donors (Lipinski definition) is 0. The Morgan fingerprint density at radius 3 is 2.45 bits per heavy atom. The predicted octanol–water partition coefficient (Wildman–Crippen LogP) is 2.20. The van der Waals surface area contributed by atoms with Gasteiger partial charge in [0.25, 0.3) is 0 Å². The highest BCUT2D eigenvalue weighted by atomic mass is 32.2. The molecule has 0 bridgehead atoms. The minimum absolute atomic E-state index is 0.130. The number of isocyanates is 1. The Kier molecular flexibility index (Phi) is 3.97. The maximum absolute atomic E-state index is 11.9. The van der Waals surface area contributed by atoms with E-state index in [0.29, 0.717) is 18.4 Å². The highest BCUT2D eigenvalue weighted by molar-refractivity contribution is 7.90. The van der Waals surface area contributed by atoms with Crippen molar-refractivity contribution >= 4 is 15.9 Å². The number of ether oxygens (including phenoxy) is 1. The molecule has 0 aromatic heterocycles. The van der Waals surface area contributed by atoms with Crippen molar-refractivity contribution in [2.24, 2.45) is 4.99 Å². The summed E-state index contributed by atoms with van der Waals surface area (Å²) in [7, 11) is -1.97. The number of aliphatic imine (C=N–C) groups is 1. The summed E-state index contributed by atoms with van der Waals surface area (Å²) < 4.78 is 29.0. The first-order chi connectivity index (χ1) is 9.44. The van der Waals surface area contributed by atoms with Gasteiger partial charge in [-0.05, 0) is 18.9 Å². The van der Waals surface area contributed by atoms with Crippen LogP contribution >= 0.6 is 0 Å². The van der Waals surface area contributed by atoms with E-state index < -0.39 is 15.4 Å². The second-order valence-corrected chi connectivity index (χ2v) is 7.04. The fourth-order valence-corrected chi connectivity index (χ4v) is 3.73. The van der Waals surface area contributed by atoms with Gasteiger partial charge >= 0.3 is 0 Å². The molecule has 1 aromatic carbocycles. The quantitative estimate of drug-likeness (QED) is 0.630. The molecular weight excluding hydrogens is 278 g/mol. The van der Waals surface area contributed by atoms with Crippen molar-refractivity contribution in [1.82, 2.24) is 0 Å². The molecule has 108 valence electrons. The number of hydrogen-bond acceptors (Lipinski definition) is 5. The number of para-hydroxylation sites is 1. The summed E-state index contributed by atoms with van der Waals surface area (Å²) in [4.78, 5) is 14.9. The molecule has 0 radical (unpaired) electrons. The van der Waals surface area contributed by atoms with Gasteiger partial charge < -0.3 is 4.74 Å².